The monoisotopic (exact) mass is 454 g/mol. The highest BCUT2D eigenvalue weighted by atomic mass is 16.4. The van der Waals surface area contributed by atoms with Gasteiger partial charge in [0.1, 0.15) is 0 Å². The lowest BCUT2D eigenvalue weighted by Crippen LogP contribution is -2.56. The second-order valence-corrected chi connectivity index (χ2v) is 11.9. The number of unbranched alkanes of at least 4 members (excludes halogenated alkanes) is 4. The molecule has 0 amide bonds. The average molecular weight is 455 g/mol. The fraction of sp³-hybridized carbons (Fsp3) is 0.929. The zero-order chi connectivity index (χ0) is 25.2. The van der Waals surface area contributed by atoms with Gasteiger partial charge < -0.3 is 10.2 Å². The van der Waals surface area contributed by atoms with Gasteiger partial charge in [0.15, 0.2) is 0 Å². The molecule has 0 rings (SSSR count). The first-order valence-electron chi connectivity index (χ1n) is 13.2. The van der Waals surface area contributed by atoms with Crippen LogP contribution in [-0.4, -0.2) is 22.2 Å². The number of aliphatic carboxylic acids is 2. The molecule has 4 atom stereocenters. The molecule has 32 heavy (non-hydrogen) atoms. The second-order valence-electron chi connectivity index (χ2n) is 11.9. The molecule has 0 aliphatic carbocycles. The summed E-state index contributed by atoms with van der Waals surface area (Å²) in [5.41, 5.74) is -1.74. The topological polar surface area (TPSA) is 74.6 Å². The zero-order valence-corrected chi connectivity index (χ0v) is 22.7. The van der Waals surface area contributed by atoms with Gasteiger partial charge in [-0.25, -0.2) is 0 Å². The standard InChI is InChI=1S/C28H54O4/c1-10-13-14-15-16-17-28(22(5)11-2,23(6)12-3)27(25(31)32,20-24(29)30)19-21(4)18-26(7,8)9/h21-23H,10-20H2,1-9H3,(H,29,30)(H,31,32). The molecule has 0 aliphatic heterocycles. The van der Waals surface area contributed by atoms with Crippen LogP contribution in [0.25, 0.3) is 0 Å². The van der Waals surface area contributed by atoms with E-state index in [1.807, 2.05) is 0 Å². The Bertz CT molecular complexity index is 552. The maximum Gasteiger partial charge on any atom is 0.310 e. The fourth-order valence-corrected chi connectivity index (χ4v) is 6.67. The molecule has 0 fully saturated rings. The highest BCUT2D eigenvalue weighted by molar-refractivity contribution is 5.82. The van der Waals surface area contributed by atoms with Crippen molar-refractivity contribution in [2.75, 3.05) is 0 Å². The van der Waals surface area contributed by atoms with E-state index in [0.717, 1.165) is 44.9 Å². The van der Waals surface area contributed by atoms with Crippen molar-refractivity contribution in [1.82, 2.24) is 0 Å². The van der Waals surface area contributed by atoms with Gasteiger partial charge in [0.2, 0.25) is 0 Å². The van der Waals surface area contributed by atoms with Crippen molar-refractivity contribution in [3.8, 4) is 0 Å². The van der Waals surface area contributed by atoms with Gasteiger partial charge in [-0.15, -0.1) is 0 Å². The summed E-state index contributed by atoms with van der Waals surface area (Å²) in [4.78, 5) is 25.4. The number of carboxylic acid groups (broad SMARTS) is 2. The minimum Gasteiger partial charge on any atom is -0.481 e. The molecule has 0 aromatic carbocycles. The predicted octanol–water partition coefficient (Wildman–Crippen LogP) is 8.43. The van der Waals surface area contributed by atoms with E-state index >= 15 is 0 Å². The van der Waals surface area contributed by atoms with E-state index in [9.17, 15) is 19.8 Å². The van der Waals surface area contributed by atoms with E-state index in [1.165, 1.54) is 12.8 Å². The molecule has 4 nitrogen and oxygen atoms in total. The molecule has 0 saturated carbocycles. The average Bonchev–Trinajstić information content (AvgIpc) is 2.67. The molecule has 0 aromatic rings. The van der Waals surface area contributed by atoms with Gasteiger partial charge in [-0.2, -0.15) is 0 Å². The summed E-state index contributed by atoms with van der Waals surface area (Å²) >= 11 is 0. The van der Waals surface area contributed by atoms with E-state index in [-0.39, 0.29) is 29.6 Å². The van der Waals surface area contributed by atoms with Crippen molar-refractivity contribution in [1.29, 1.82) is 0 Å². The summed E-state index contributed by atoms with van der Waals surface area (Å²) in [6.07, 6.45) is 9.12. The summed E-state index contributed by atoms with van der Waals surface area (Å²) < 4.78 is 0. The number of carboxylic acids is 2. The molecule has 0 radical (unpaired) electrons. The maximum absolute atomic E-state index is 13.2. The van der Waals surface area contributed by atoms with E-state index < -0.39 is 22.8 Å². The largest absolute Gasteiger partial charge is 0.481 e. The maximum atomic E-state index is 13.2. The van der Waals surface area contributed by atoms with Crippen LogP contribution >= 0.6 is 0 Å². The Balaban J connectivity index is 6.67. The van der Waals surface area contributed by atoms with Crippen LogP contribution in [0.1, 0.15) is 133 Å². The van der Waals surface area contributed by atoms with E-state index in [1.54, 1.807) is 0 Å². The minimum absolute atomic E-state index is 0.0719. The number of carbonyl (C=O) groups is 2. The SMILES string of the molecule is CCCCCCCC(C(C)CC)(C(C)CC)C(CC(=O)O)(CC(C)CC(C)(C)C)C(=O)O. The highest BCUT2D eigenvalue weighted by Gasteiger charge is 2.61. The van der Waals surface area contributed by atoms with Crippen molar-refractivity contribution in [3.05, 3.63) is 0 Å². The quantitative estimate of drug-likeness (QED) is 0.216. The van der Waals surface area contributed by atoms with Gasteiger partial charge >= 0.3 is 11.9 Å². The Labute approximate surface area is 199 Å². The molecular formula is C28H54O4. The van der Waals surface area contributed by atoms with Gasteiger partial charge in [-0.1, -0.05) is 107 Å². The van der Waals surface area contributed by atoms with Gasteiger partial charge in [-0.3, -0.25) is 9.59 Å². The van der Waals surface area contributed by atoms with Crippen LogP contribution < -0.4 is 0 Å². The van der Waals surface area contributed by atoms with Crippen LogP contribution in [0, 0.1) is 34.0 Å². The van der Waals surface area contributed by atoms with Crippen LogP contribution in [0.4, 0.5) is 0 Å². The Hall–Kier alpha value is -1.06. The van der Waals surface area contributed by atoms with Crippen molar-refractivity contribution < 1.29 is 19.8 Å². The zero-order valence-electron chi connectivity index (χ0n) is 22.7. The van der Waals surface area contributed by atoms with Crippen LogP contribution in [0.15, 0.2) is 0 Å². The summed E-state index contributed by atoms with van der Waals surface area (Å²) in [6.45, 7) is 19.4. The molecule has 4 heteroatoms. The normalized spacial score (nSPS) is 18.9. The second kappa shape index (κ2) is 13.6. The van der Waals surface area contributed by atoms with Gasteiger partial charge in [0, 0.05) is 0 Å². The summed E-state index contributed by atoms with van der Waals surface area (Å²) in [5, 5.41) is 20.8. The number of hydrogen-bond acceptors (Lipinski definition) is 2. The van der Waals surface area contributed by atoms with Crippen LogP contribution in [0.3, 0.4) is 0 Å². The lowest BCUT2D eigenvalue weighted by Gasteiger charge is -2.56. The Morgan fingerprint density at radius 1 is 0.781 bits per heavy atom. The van der Waals surface area contributed by atoms with Crippen LogP contribution in [0.2, 0.25) is 0 Å². The highest BCUT2D eigenvalue weighted by Crippen LogP contribution is 2.61. The number of hydrogen-bond donors (Lipinski definition) is 2. The number of rotatable bonds is 17. The summed E-state index contributed by atoms with van der Waals surface area (Å²) in [7, 11) is 0. The molecule has 0 aliphatic rings. The summed E-state index contributed by atoms with van der Waals surface area (Å²) in [6, 6.07) is 0. The van der Waals surface area contributed by atoms with Crippen molar-refractivity contribution in [3.63, 3.8) is 0 Å². The Kier molecular flexibility index (Phi) is 13.1. The smallest absolute Gasteiger partial charge is 0.310 e. The van der Waals surface area contributed by atoms with Crippen molar-refractivity contribution in [2.24, 2.45) is 34.0 Å². The molecule has 0 saturated heterocycles. The van der Waals surface area contributed by atoms with Crippen LogP contribution in [0.5, 0.6) is 0 Å². The van der Waals surface area contributed by atoms with Crippen molar-refractivity contribution in [2.45, 2.75) is 133 Å². The predicted molar refractivity (Wildman–Crippen MR) is 135 cm³/mol. The molecule has 0 spiro atoms. The van der Waals surface area contributed by atoms with Gasteiger partial charge in [0.05, 0.1) is 11.8 Å². The molecule has 0 aromatic heterocycles. The molecule has 0 bridgehead atoms. The third kappa shape index (κ3) is 8.06. The first-order valence-corrected chi connectivity index (χ1v) is 13.2. The van der Waals surface area contributed by atoms with E-state index in [2.05, 4.69) is 62.3 Å². The first kappa shape index (κ1) is 30.9. The third-order valence-electron chi connectivity index (χ3n) is 8.09. The molecule has 0 heterocycles. The lowest BCUT2D eigenvalue weighted by atomic mass is 9.46. The molecule has 2 N–H and O–H groups in total. The minimum atomic E-state index is -1.26. The lowest BCUT2D eigenvalue weighted by molar-refractivity contribution is -0.181. The fourth-order valence-electron chi connectivity index (χ4n) is 6.67. The first-order chi connectivity index (χ1) is 14.7. The Morgan fingerprint density at radius 2 is 1.28 bits per heavy atom. The molecular weight excluding hydrogens is 400 g/mol. The van der Waals surface area contributed by atoms with E-state index in [0.29, 0.717) is 6.42 Å². The third-order valence-corrected chi connectivity index (χ3v) is 8.09. The molecule has 4 unspecified atom stereocenters. The molecule has 190 valence electrons. The van der Waals surface area contributed by atoms with Crippen LogP contribution in [-0.2, 0) is 9.59 Å². The van der Waals surface area contributed by atoms with Gasteiger partial charge in [0.25, 0.3) is 0 Å². The van der Waals surface area contributed by atoms with Gasteiger partial charge in [-0.05, 0) is 47.8 Å². The van der Waals surface area contributed by atoms with Crippen molar-refractivity contribution >= 4 is 11.9 Å². The Morgan fingerprint density at radius 3 is 1.66 bits per heavy atom. The van der Waals surface area contributed by atoms with E-state index in [4.69, 9.17) is 0 Å². The summed E-state index contributed by atoms with van der Waals surface area (Å²) in [5.74, 6) is -1.48.